The molecule has 2 aromatic rings. The topological polar surface area (TPSA) is 84.3 Å². The van der Waals surface area contributed by atoms with Crippen molar-refractivity contribution >= 4 is 17.5 Å². The summed E-state index contributed by atoms with van der Waals surface area (Å²) < 4.78 is 1.24. The van der Waals surface area contributed by atoms with Gasteiger partial charge >= 0.3 is 5.69 Å². The molecule has 0 saturated carbocycles. The van der Waals surface area contributed by atoms with E-state index in [1.54, 1.807) is 24.3 Å². The van der Waals surface area contributed by atoms with Crippen molar-refractivity contribution in [2.45, 2.75) is 45.7 Å². The van der Waals surface area contributed by atoms with Gasteiger partial charge in [0, 0.05) is 36.2 Å². The van der Waals surface area contributed by atoms with Gasteiger partial charge < -0.3 is 10.2 Å². The average molecular weight is 368 g/mol. The predicted octanol–water partition coefficient (Wildman–Crippen LogP) is 2.21. The molecule has 2 amide bonds. The maximum absolute atomic E-state index is 12.8. The number of aryl methyl sites for hydroxylation is 1. The minimum absolute atomic E-state index is 0.0325. The molecule has 0 spiro atoms. The van der Waals surface area contributed by atoms with Gasteiger partial charge in [-0.2, -0.15) is 0 Å². The maximum atomic E-state index is 12.8. The van der Waals surface area contributed by atoms with Gasteiger partial charge in [-0.15, -0.1) is 0 Å². The number of rotatable bonds is 4. The van der Waals surface area contributed by atoms with Gasteiger partial charge in [0.05, 0.1) is 0 Å². The molecule has 1 aliphatic rings. The number of aromatic nitrogens is 2. The van der Waals surface area contributed by atoms with Gasteiger partial charge in [0.15, 0.2) is 0 Å². The summed E-state index contributed by atoms with van der Waals surface area (Å²) in [5, 5.41) is 2.79. The summed E-state index contributed by atoms with van der Waals surface area (Å²) in [5.41, 5.74) is 1.58. The molecule has 1 aliphatic heterocycles. The van der Waals surface area contributed by atoms with Gasteiger partial charge in [0.1, 0.15) is 6.54 Å². The molecule has 0 radical (unpaired) electrons. The zero-order valence-corrected chi connectivity index (χ0v) is 15.6. The molecule has 1 aromatic heterocycles. The predicted molar refractivity (Wildman–Crippen MR) is 103 cm³/mol. The van der Waals surface area contributed by atoms with Crippen molar-refractivity contribution < 1.29 is 9.59 Å². The van der Waals surface area contributed by atoms with Crippen molar-refractivity contribution in [1.82, 2.24) is 14.5 Å². The molecule has 1 unspecified atom stereocenters. The summed E-state index contributed by atoms with van der Waals surface area (Å²) in [6.45, 7) is 4.61. The number of carbonyl (C=O) groups excluding carboxylic acids is 2. The Morgan fingerprint density at radius 3 is 2.81 bits per heavy atom. The fraction of sp³-hybridized carbons (Fsp3) is 0.400. The largest absolute Gasteiger partial charge is 0.347 e. The van der Waals surface area contributed by atoms with Crippen LogP contribution in [0.3, 0.4) is 0 Å². The number of anilines is 1. The lowest BCUT2D eigenvalue weighted by molar-refractivity contribution is -0.116. The number of amides is 2. The van der Waals surface area contributed by atoms with Crippen LogP contribution in [0.15, 0.2) is 41.5 Å². The van der Waals surface area contributed by atoms with E-state index in [4.69, 9.17) is 0 Å². The van der Waals surface area contributed by atoms with Crippen LogP contribution in [0.4, 0.5) is 5.69 Å². The third-order valence-corrected chi connectivity index (χ3v) is 4.91. The summed E-state index contributed by atoms with van der Waals surface area (Å²) in [6, 6.07) is 7.13. The van der Waals surface area contributed by atoms with Crippen LogP contribution < -0.4 is 11.0 Å². The maximum Gasteiger partial charge on any atom is 0.347 e. The second-order valence-corrected chi connectivity index (χ2v) is 6.95. The van der Waals surface area contributed by atoms with Crippen LogP contribution >= 0.6 is 0 Å². The summed E-state index contributed by atoms with van der Waals surface area (Å²) in [6.07, 6.45) is 6.14. The molecule has 1 fully saturated rings. The number of piperidine rings is 1. The summed E-state index contributed by atoms with van der Waals surface area (Å²) in [5.74, 6) is -0.290. The lowest BCUT2D eigenvalue weighted by atomic mass is 10.0. The Hall–Kier alpha value is -2.96. The molecule has 1 aromatic carbocycles. The van der Waals surface area contributed by atoms with Crippen LogP contribution in [0.1, 0.15) is 42.1 Å². The van der Waals surface area contributed by atoms with Gasteiger partial charge in [-0.05, 0) is 62.9 Å². The number of nitrogens with zero attached hydrogens (tertiary/aromatic N) is 3. The molecule has 3 rings (SSSR count). The molecule has 1 N–H and O–H groups in total. The van der Waals surface area contributed by atoms with E-state index < -0.39 is 5.69 Å². The number of hydrogen-bond acceptors (Lipinski definition) is 4. The van der Waals surface area contributed by atoms with Crippen LogP contribution in [-0.4, -0.2) is 38.9 Å². The highest BCUT2D eigenvalue weighted by Crippen LogP contribution is 2.22. The minimum atomic E-state index is -0.471. The molecule has 1 saturated heterocycles. The zero-order valence-electron chi connectivity index (χ0n) is 15.6. The summed E-state index contributed by atoms with van der Waals surface area (Å²) in [7, 11) is 0. The highest BCUT2D eigenvalue weighted by molar-refractivity contribution is 5.96. The molecule has 0 aliphatic carbocycles. The Labute approximate surface area is 158 Å². The Balaban J connectivity index is 1.69. The fourth-order valence-electron chi connectivity index (χ4n) is 3.35. The molecule has 1 atom stereocenters. The van der Waals surface area contributed by atoms with Crippen LogP contribution in [0, 0.1) is 6.92 Å². The second-order valence-electron chi connectivity index (χ2n) is 6.95. The molecule has 27 heavy (non-hydrogen) atoms. The summed E-state index contributed by atoms with van der Waals surface area (Å²) in [4.78, 5) is 42.1. The third-order valence-electron chi connectivity index (χ3n) is 4.91. The highest BCUT2D eigenvalue weighted by Gasteiger charge is 2.24. The van der Waals surface area contributed by atoms with E-state index in [0.29, 0.717) is 11.3 Å². The first-order valence-electron chi connectivity index (χ1n) is 9.18. The van der Waals surface area contributed by atoms with Crippen molar-refractivity contribution in [2.24, 2.45) is 0 Å². The quantitative estimate of drug-likeness (QED) is 0.897. The van der Waals surface area contributed by atoms with Crippen LogP contribution in [0.5, 0.6) is 0 Å². The molecule has 7 heteroatoms. The Bertz CT molecular complexity index is 906. The minimum Gasteiger partial charge on any atom is -0.336 e. The number of benzene rings is 1. The number of nitrogens with one attached hydrogen (secondary N) is 1. The molecule has 0 bridgehead atoms. The van der Waals surface area contributed by atoms with E-state index in [2.05, 4.69) is 17.2 Å². The standard InChI is InChI=1S/C20H24N4O3/c1-14-12-16(19(26)24-11-4-3-6-15(24)2)7-8-17(14)22-18(25)13-23-10-5-9-21-20(23)27/h5,7-10,12,15H,3-4,6,11,13H2,1-2H3,(H,22,25). The van der Waals surface area contributed by atoms with Gasteiger partial charge in [-0.1, -0.05) is 0 Å². The zero-order chi connectivity index (χ0) is 19.4. The van der Waals surface area contributed by atoms with Crippen molar-refractivity contribution in [3.05, 3.63) is 58.3 Å². The first-order chi connectivity index (χ1) is 13.0. The van der Waals surface area contributed by atoms with Gasteiger partial charge in [0.2, 0.25) is 5.91 Å². The monoisotopic (exact) mass is 368 g/mol. The number of hydrogen-bond donors (Lipinski definition) is 1. The van der Waals surface area contributed by atoms with Gasteiger partial charge in [-0.3, -0.25) is 14.2 Å². The first kappa shape index (κ1) is 18.8. The highest BCUT2D eigenvalue weighted by atomic mass is 16.2. The van der Waals surface area contributed by atoms with Crippen LogP contribution in [-0.2, 0) is 11.3 Å². The lowest BCUT2D eigenvalue weighted by Gasteiger charge is -2.33. The Morgan fingerprint density at radius 1 is 1.30 bits per heavy atom. The Kier molecular flexibility index (Phi) is 5.69. The third kappa shape index (κ3) is 4.42. The lowest BCUT2D eigenvalue weighted by Crippen LogP contribution is -2.42. The van der Waals surface area contributed by atoms with E-state index in [1.165, 1.54) is 17.0 Å². The van der Waals surface area contributed by atoms with Gasteiger partial charge in [0.25, 0.3) is 5.91 Å². The average Bonchev–Trinajstić information content (AvgIpc) is 2.65. The van der Waals surface area contributed by atoms with E-state index >= 15 is 0 Å². The van der Waals surface area contributed by atoms with E-state index in [0.717, 1.165) is 31.4 Å². The van der Waals surface area contributed by atoms with Gasteiger partial charge in [-0.25, -0.2) is 9.78 Å². The van der Waals surface area contributed by atoms with Crippen molar-refractivity contribution in [1.29, 1.82) is 0 Å². The molecular weight excluding hydrogens is 344 g/mol. The van der Waals surface area contributed by atoms with E-state index in [1.807, 2.05) is 11.8 Å². The van der Waals surface area contributed by atoms with E-state index in [9.17, 15) is 14.4 Å². The van der Waals surface area contributed by atoms with Crippen LogP contribution in [0.2, 0.25) is 0 Å². The summed E-state index contributed by atoms with van der Waals surface area (Å²) >= 11 is 0. The number of carbonyl (C=O) groups is 2. The van der Waals surface area contributed by atoms with E-state index in [-0.39, 0.29) is 24.4 Å². The molecular formula is C20H24N4O3. The molecule has 7 nitrogen and oxygen atoms in total. The molecule has 2 heterocycles. The van der Waals surface area contributed by atoms with Crippen LogP contribution in [0.25, 0.3) is 0 Å². The first-order valence-corrected chi connectivity index (χ1v) is 9.18. The second kappa shape index (κ2) is 8.16. The fourth-order valence-corrected chi connectivity index (χ4v) is 3.35. The van der Waals surface area contributed by atoms with Crippen molar-refractivity contribution in [3.63, 3.8) is 0 Å². The smallest absolute Gasteiger partial charge is 0.336 e. The normalized spacial score (nSPS) is 16.8. The van der Waals surface area contributed by atoms with Crippen molar-refractivity contribution in [3.8, 4) is 0 Å². The van der Waals surface area contributed by atoms with Crippen molar-refractivity contribution in [2.75, 3.05) is 11.9 Å². The number of likely N-dealkylation sites (tertiary alicyclic amines) is 1. The molecule has 142 valence electrons. The Morgan fingerprint density at radius 2 is 2.11 bits per heavy atom. The SMILES string of the molecule is Cc1cc(C(=O)N2CCCCC2C)ccc1NC(=O)Cn1cccnc1=O.